The second-order valence-electron chi connectivity index (χ2n) is 5.35. The van der Waals surface area contributed by atoms with E-state index in [1.807, 2.05) is 25.1 Å². The number of hydrogen-bond acceptors (Lipinski definition) is 4. The lowest BCUT2D eigenvalue weighted by Crippen LogP contribution is -2.28. The number of nitrogens with one attached hydrogen (secondary N) is 1. The van der Waals surface area contributed by atoms with Gasteiger partial charge in [0.15, 0.2) is 5.79 Å². The summed E-state index contributed by atoms with van der Waals surface area (Å²) in [6, 6.07) is 10.3. The molecule has 1 fully saturated rings. The standard InChI is InChI=1S/C16H20N2O2/c1-12-11-13-5-3-4-6-14(13)18-15(12)17-8-7-16(2)19-9-10-20-16/h3-6,11H,7-10H2,1-2H3,(H,17,18). The van der Waals surface area contributed by atoms with Crippen molar-refractivity contribution in [1.82, 2.24) is 4.98 Å². The van der Waals surface area contributed by atoms with E-state index < -0.39 is 5.79 Å². The zero-order chi connectivity index (χ0) is 14.0. The average Bonchev–Trinajstić information content (AvgIpc) is 2.86. The minimum absolute atomic E-state index is 0.447. The van der Waals surface area contributed by atoms with Crippen molar-refractivity contribution in [3.05, 3.63) is 35.9 Å². The Morgan fingerprint density at radius 2 is 2.00 bits per heavy atom. The fourth-order valence-electron chi connectivity index (χ4n) is 2.51. The summed E-state index contributed by atoms with van der Waals surface area (Å²) in [4.78, 5) is 4.67. The van der Waals surface area contributed by atoms with Crippen LogP contribution in [0.4, 0.5) is 5.82 Å². The summed E-state index contributed by atoms with van der Waals surface area (Å²) in [5.74, 6) is 0.489. The van der Waals surface area contributed by atoms with Gasteiger partial charge in [-0.25, -0.2) is 4.98 Å². The van der Waals surface area contributed by atoms with Crippen molar-refractivity contribution in [2.45, 2.75) is 26.1 Å². The van der Waals surface area contributed by atoms with Crippen LogP contribution in [0.25, 0.3) is 10.9 Å². The van der Waals surface area contributed by atoms with Crippen LogP contribution < -0.4 is 5.32 Å². The predicted molar refractivity (Wildman–Crippen MR) is 79.9 cm³/mol. The Labute approximate surface area is 119 Å². The van der Waals surface area contributed by atoms with Crippen molar-refractivity contribution in [3.63, 3.8) is 0 Å². The van der Waals surface area contributed by atoms with Gasteiger partial charge in [-0.15, -0.1) is 0 Å². The molecule has 1 aromatic heterocycles. The van der Waals surface area contributed by atoms with E-state index in [9.17, 15) is 0 Å². The first kappa shape index (κ1) is 13.3. The molecule has 0 atom stereocenters. The summed E-state index contributed by atoms with van der Waals surface area (Å²) in [6.07, 6.45) is 0.806. The molecule has 1 aromatic carbocycles. The Bertz CT molecular complexity index is 606. The highest BCUT2D eigenvalue weighted by Crippen LogP contribution is 2.23. The third kappa shape index (κ3) is 2.76. The molecule has 1 aliphatic heterocycles. The maximum absolute atomic E-state index is 5.60. The summed E-state index contributed by atoms with van der Waals surface area (Å²) in [5.41, 5.74) is 2.17. The van der Waals surface area contributed by atoms with Crippen LogP contribution in [-0.2, 0) is 9.47 Å². The minimum atomic E-state index is -0.447. The first-order valence-electron chi connectivity index (χ1n) is 7.04. The summed E-state index contributed by atoms with van der Waals surface area (Å²) in [6.45, 7) is 6.21. The number of pyridine rings is 1. The number of nitrogens with zero attached hydrogens (tertiary/aromatic N) is 1. The Kier molecular flexibility index (Phi) is 3.59. The Morgan fingerprint density at radius 3 is 2.80 bits per heavy atom. The van der Waals surface area contributed by atoms with Crippen LogP contribution in [0.5, 0.6) is 0 Å². The maximum Gasteiger partial charge on any atom is 0.167 e. The van der Waals surface area contributed by atoms with Crippen molar-refractivity contribution in [1.29, 1.82) is 0 Å². The molecular weight excluding hydrogens is 252 g/mol. The van der Waals surface area contributed by atoms with E-state index in [0.717, 1.165) is 29.9 Å². The molecule has 1 saturated heterocycles. The molecule has 0 bridgehead atoms. The van der Waals surface area contributed by atoms with E-state index in [4.69, 9.17) is 9.47 Å². The van der Waals surface area contributed by atoms with E-state index in [-0.39, 0.29) is 0 Å². The monoisotopic (exact) mass is 272 g/mol. The molecule has 0 spiro atoms. The quantitative estimate of drug-likeness (QED) is 0.928. The number of aromatic nitrogens is 1. The molecule has 106 valence electrons. The topological polar surface area (TPSA) is 43.4 Å². The van der Waals surface area contributed by atoms with Gasteiger partial charge in [0.25, 0.3) is 0 Å². The zero-order valence-corrected chi connectivity index (χ0v) is 12.0. The van der Waals surface area contributed by atoms with Crippen LogP contribution >= 0.6 is 0 Å². The number of aryl methyl sites for hydroxylation is 1. The van der Waals surface area contributed by atoms with Crippen LogP contribution in [0, 0.1) is 6.92 Å². The normalized spacial score (nSPS) is 17.5. The number of rotatable bonds is 4. The molecule has 0 unspecified atom stereocenters. The second-order valence-corrected chi connectivity index (χ2v) is 5.35. The van der Waals surface area contributed by atoms with Crippen LogP contribution in [0.15, 0.2) is 30.3 Å². The molecule has 1 N–H and O–H groups in total. The van der Waals surface area contributed by atoms with Crippen molar-refractivity contribution in [2.75, 3.05) is 25.1 Å². The summed E-state index contributed by atoms with van der Waals surface area (Å²) >= 11 is 0. The highest BCUT2D eigenvalue weighted by Gasteiger charge is 2.30. The molecule has 3 rings (SSSR count). The van der Waals surface area contributed by atoms with Crippen molar-refractivity contribution >= 4 is 16.7 Å². The zero-order valence-electron chi connectivity index (χ0n) is 12.0. The lowest BCUT2D eigenvalue weighted by molar-refractivity contribution is -0.144. The summed E-state index contributed by atoms with van der Waals surface area (Å²) in [5, 5.41) is 4.56. The van der Waals surface area contributed by atoms with E-state index in [1.54, 1.807) is 0 Å². The lowest BCUT2D eigenvalue weighted by atomic mass is 10.1. The Hall–Kier alpha value is -1.65. The van der Waals surface area contributed by atoms with Gasteiger partial charge >= 0.3 is 0 Å². The van der Waals surface area contributed by atoms with Crippen LogP contribution in [0.3, 0.4) is 0 Å². The number of ether oxygens (including phenoxy) is 2. The molecule has 0 aliphatic carbocycles. The molecule has 1 aliphatic rings. The van der Waals surface area contributed by atoms with E-state index in [1.165, 1.54) is 5.39 Å². The lowest BCUT2D eigenvalue weighted by Gasteiger charge is -2.22. The van der Waals surface area contributed by atoms with Crippen molar-refractivity contribution < 1.29 is 9.47 Å². The minimum Gasteiger partial charge on any atom is -0.370 e. The molecule has 2 aromatic rings. The van der Waals surface area contributed by atoms with Gasteiger partial charge in [0.2, 0.25) is 0 Å². The van der Waals surface area contributed by atoms with E-state index in [0.29, 0.717) is 13.2 Å². The van der Waals surface area contributed by atoms with Crippen LogP contribution in [-0.4, -0.2) is 30.5 Å². The van der Waals surface area contributed by atoms with Gasteiger partial charge in [-0.3, -0.25) is 0 Å². The highest BCUT2D eigenvalue weighted by molar-refractivity contribution is 5.81. The summed E-state index contributed by atoms with van der Waals surface area (Å²) in [7, 11) is 0. The first-order valence-corrected chi connectivity index (χ1v) is 7.04. The fourth-order valence-corrected chi connectivity index (χ4v) is 2.51. The van der Waals surface area contributed by atoms with Gasteiger partial charge in [0, 0.05) is 18.4 Å². The molecule has 20 heavy (non-hydrogen) atoms. The second kappa shape index (κ2) is 5.38. The molecule has 4 heteroatoms. The molecule has 4 nitrogen and oxygen atoms in total. The molecule has 0 saturated carbocycles. The number of anilines is 1. The number of fused-ring (bicyclic) bond motifs is 1. The Balaban J connectivity index is 1.69. The largest absolute Gasteiger partial charge is 0.370 e. The van der Waals surface area contributed by atoms with E-state index in [2.05, 4.69) is 29.4 Å². The van der Waals surface area contributed by atoms with Gasteiger partial charge in [-0.2, -0.15) is 0 Å². The molecule has 0 amide bonds. The van der Waals surface area contributed by atoms with Crippen LogP contribution in [0.1, 0.15) is 18.9 Å². The Morgan fingerprint density at radius 1 is 1.25 bits per heavy atom. The van der Waals surface area contributed by atoms with Gasteiger partial charge < -0.3 is 14.8 Å². The number of hydrogen-bond donors (Lipinski definition) is 1. The molecule has 0 radical (unpaired) electrons. The van der Waals surface area contributed by atoms with Crippen molar-refractivity contribution in [2.24, 2.45) is 0 Å². The highest BCUT2D eigenvalue weighted by atomic mass is 16.7. The average molecular weight is 272 g/mol. The van der Waals surface area contributed by atoms with Gasteiger partial charge in [-0.1, -0.05) is 18.2 Å². The third-order valence-corrected chi connectivity index (χ3v) is 3.68. The number of benzene rings is 1. The maximum atomic E-state index is 5.60. The smallest absolute Gasteiger partial charge is 0.167 e. The van der Waals surface area contributed by atoms with Gasteiger partial charge in [0.1, 0.15) is 5.82 Å². The third-order valence-electron chi connectivity index (χ3n) is 3.68. The summed E-state index contributed by atoms with van der Waals surface area (Å²) < 4.78 is 11.2. The van der Waals surface area contributed by atoms with Gasteiger partial charge in [0.05, 0.1) is 18.7 Å². The fraction of sp³-hybridized carbons (Fsp3) is 0.438. The SMILES string of the molecule is Cc1cc2ccccc2nc1NCCC1(C)OCCO1. The number of para-hydroxylation sites is 1. The molecule has 2 heterocycles. The van der Waals surface area contributed by atoms with E-state index >= 15 is 0 Å². The predicted octanol–water partition coefficient (Wildman–Crippen LogP) is 3.11. The first-order chi connectivity index (χ1) is 9.66. The van der Waals surface area contributed by atoms with Gasteiger partial charge in [-0.05, 0) is 31.5 Å². The van der Waals surface area contributed by atoms with Crippen LogP contribution in [0.2, 0.25) is 0 Å². The van der Waals surface area contributed by atoms with Crippen molar-refractivity contribution in [3.8, 4) is 0 Å². The molecular formula is C16H20N2O2.